The molecule has 1 aromatic rings. The summed E-state index contributed by atoms with van der Waals surface area (Å²) >= 11 is 0. The highest BCUT2D eigenvalue weighted by molar-refractivity contribution is 5.40. The van der Waals surface area contributed by atoms with Gasteiger partial charge in [0, 0.05) is 5.56 Å². The van der Waals surface area contributed by atoms with Crippen molar-refractivity contribution < 1.29 is 22.3 Å². The molecule has 0 atom stereocenters. The summed E-state index contributed by atoms with van der Waals surface area (Å²) in [5.41, 5.74) is -2.34. The van der Waals surface area contributed by atoms with Gasteiger partial charge in [-0.1, -0.05) is 27.7 Å². The Morgan fingerprint density at radius 3 is 2.09 bits per heavy atom. The van der Waals surface area contributed by atoms with Gasteiger partial charge in [-0.3, -0.25) is 0 Å². The van der Waals surface area contributed by atoms with Gasteiger partial charge in [-0.25, -0.2) is 4.39 Å². The van der Waals surface area contributed by atoms with Crippen LogP contribution in [0.25, 0.3) is 0 Å². The maximum absolute atomic E-state index is 13.3. The highest BCUT2D eigenvalue weighted by atomic mass is 19.4. The first-order valence-corrected chi connectivity index (χ1v) is 7.55. The third-order valence-corrected chi connectivity index (χ3v) is 3.28. The minimum atomic E-state index is -4.48. The number of alkyl halides is 3. The van der Waals surface area contributed by atoms with Gasteiger partial charge in [0.2, 0.25) is 0 Å². The van der Waals surface area contributed by atoms with E-state index in [1.165, 1.54) is 6.07 Å². The molecular weight excluding hydrogens is 296 g/mol. The highest BCUT2D eigenvalue weighted by Crippen LogP contribution is 2.44. The van der Waals surface area contributed by atoms with Crippen LogP contribution < -0.4 is 4.74 Å². The third-order valence-electron chi connectivity index (χ3n) is 3.28. The van der Waals surface area contributed by atoms with E-state index in [2.05, 4.69) is 0 Å². The van der Waals surface area contributed by atoms with Gasteiger partial charge in [0.05, 0.1) is 12.0 Å². The van der Waals surface area contributed by atoms with Crippen LogP contribution in [0.4, 0.5) is 17.6 Å². The smallest absolute Gasteiger partial charge is 0.398 e. The van der Waals surface area contributed by atoms with E-state index in [9.17, 15) is 17.6 Å². The molecule has 0 amide bonds. The molecule has 0 N–H and O–H groups in total. The number of ether oxygens (including phenoxy) is 1. The molecule has 5 heteroatoms. The van der Waals surface area contributed by atoms with Crippen molar-refractivity contribution >= 4 is 0 Å². The normalized spacial score (nSPS) is 12.0. The van der Waals surface area contributed by atoms with Crippen LogP contribution >= 0.6 is 0 Å². The molecule has 0 heterocycles. The molecule has 0 fully saturated rings. The second-order valence-electron chi connectivity index (χ2n) is 5.79. The van der Waals surface area contributed by atoms with Crippen LogP contribution in [-0.2, 0) is 5.41 Å². The predicted molar refractivity (Wildman–Crippen MR) is 81.8 cm³/mol. The van der Waals surface area contributed by atoms with Crippen molar-refractivity contribution in [1.82, 2.24) is 0 Å². The molecule has 0 spiro atoms. The molecule has 0 radical (unpaired) electrons. The molecule has 0 aromatic heterocycles. The van der Waals surface area contributed by atoms with E-state index >= 15 is 0 Å². The maximum atomic E-state index is 13.3. The van der Waals surface area contributed by atoms with Crippen LogP contribution in [0.15, 0.2) is 18.2 Å². The van der Waals surface area contributed by atoms with E-state index in [-0.39, 0.29) is 11.3 Å². The molecule has 0 aliphatic carbocycles. The van der Waals surface area contributed by atoms with Crippen LogP contribution in [-0.4, -0.2) is 12.8 Å². The minimum Gasteiger partial charge on any atom is -0.493 e. The van der Waals surface area contributed by atoms with Crippen molar-refractivity contribution in [2.75, 3.05) is 6.61 Å². The van der Waals surface area contributed by atoms with Gasteiger partial charge in [0.15, 0.2) is 0 Å². The molecule has 0 saturated heterocycles. The van der Waals surface area contributed by atoms with Gasteiger partial charge in [-0.2, -0.15) is 13.2 Å². The van der Waals surface area contributed by atoms with Crippen molar-refractivity contribution in [2.45, 2.75) is 59.6 Å². The second kappa shape index (κ2) is 8.39. The molecule has 0 aliphatic rings. The Bertz CT molecular complexity index is 450. The lowest BCUT2D eigenvalue weighted by atomic mass is 9.83. The Morgan fingerprint density at radius 2 is 1.64 bits per heavy atom. The SMILES string of the molecule is CC.CC(C)CCOc1ccc(F)cc1C(C)(C)C(F)(F)F. The largest absolute Gasteiger partial charge is 0.493 e. The van der Waals surface area contributed by atoms with Gasteiger partial charge in [-0.05, 0) is 44.4 Å². The zero-order chi connectivity index (χ0) is 17.6. The fraction of sp³-hybridized carbons (Fsp3) is 0.647. The average Bonchev–Trinajstić information content (AvgIpc) is 2.41. The summed E-state index contributed by atoms with van der Waals surface area (Å²) in [6, 6.07) is 3.28. The van der Waals surface area contributed by atoms with E-state index in [4.69, 9.17) is 4.74 Å². The summed E-state index contributed by atoms with van der Waals surface area (Å²) in [6.45, 7) is 10.3. The Hall–Kier alpha value is -1.26. The Morgan fingerprint density at radius 1 is 1.09 bits per heavy atom. The lowest BCUT2D eigenvalue weighted by molar-refractivity contribution is -0.180. The van der Waals surface area contributed by atoms with Gasteiger partial charge in [0.25, 0.3) is 0 Å². The fourth-order valence-corrected chi connectivity index (χ4v) is 1.67. The van der Waals surface area contributed by atoms with E-state index in [0.29, 0.717) is 12.5 Å². The second-order valence-corrected chi connectivity index (χ2v) is 5.79. The van der Waals surface area contributed by atoms with E-state index in [1.54, 1.807) is 0 Å². The van der Waals surface area contributed by atoms with Crippen molar-refractivity contribution in [2.24, 2.45) is 5.92 Å². The number of benzene rings is 1. The van der Waals surface area contributed by atoms with E-state index < -0.39 is 17.4 Å². The number of hydrogen-bond acceptors (Lipinski definition) is 1. The molecule has 0 unspecified atom stereocenters. The molecular formula is C17H26F4O. The first kappa shape index (κ1) is 20.7. The molecule has 1 nitrogen and oxygen atoms in total. The fourth-order valence-electron chi connectivity index (χ4n) is 1.67. The summed E-state index contributed by atoms with van der Waals surface area (Å²) in [7, 11) is 0. The molecule has 22 heavy (non-hydrogen) atoms. The predicted octanol–water partition coefficient (Wildman–Crippen LogP) is 6.12. The first-order valence-electron chi connectivity index (χ1n) is 7.55. The molecule has 0 aliphatic heterocycles. The average molecular weight is 322 g/mol. The topological polar surface area (TPSA) is 9.23 Å². The summed E-state index contributed by atoms with van der Waals surface area (Å²) in [4.78, 5) is 0. The van der Waals surface area contributed by atoms with Gasteiger partial charge in [0.1, 0.15) is 11.6 Å². The van der Waals surface area contributed by atoms with Crippen molar-refractivity contribution in [3.63, 3.8) is 0 Å². The number of hydrogen-bond donors (Lipinski definition) is 0. The summed E-state index contributed by atoms with van der Waals surface area (Å²) in [5.74, 6) is -0.225. The van der Waals surface area contributed by atoms with Gasteiger partial charge >= 0.3 is 6.18 Å². The highest BCUT2D eigenvalue weighted by Gasteiger charge is 2.50. The Kier molecular flexibility index (Phi) is 7.91. The van der Waals surface area contributed by atoms with Gasteiger partial charge < -0.3 is 4.74 Å². The van der Waals surface area contributed by atoms with Crippen LogP contribution in [0.2, 0.25) is 0 Å². The summed E-state index contributed by atoms with van der Waals surface area (Å²) in [5, 5.41) is 0. The zero-order valence-corrected chi connectivity index (χ0v) is 14.1. The molecule has 1 rings (SSSR count). The lowest BCUT2D eigenvalue weighted by Crippen LogP contribution is -2.36. The van der Waals surface area contributed by atoms with Crippen LogP contribution in [0.1, 0.15) is 53.5 Å². The summed E-state index contributed by atoms with van der Waals surface area (Å²) in [6.07, 6.45) is -3.75. The third kappa shape index (κ3) is 5.50. The molecule has 0 bridgehead atoms. The Balaban J connectivity index is 0.00000211. The minimum absolute atomic E-state index is 0.0920. The Labute approximate surface area is 130 Å². The molecule has 1 aromatic carbocycles. The van der Waals surface area contributed by atoms with Crippen molar-refractivity contribution in [3.8, 4) is 5.75 Å². The lowest BCUT2D eigenvalue weighted by Gasteiger charge is -2.30. The maximum Gasteiger partial charge on any atom is 0.398 e. The number of halogens is 4. The van der Waals surface area contributed by atoms with E-state index in [0.717, 1.165) is 32.4 Å². The van der Waals surface area contributed by atoms with Crippen molar-refractivity contribution in [3.05, 3.63) is 29.6 Å². The van der Waals surface area contributed by atoms with Crippen LogP contribution in [0, 0.1) is 11.7 Å². The quantitative estimate of drug-likeness (QED) is 0.594. The standard InChI is InChI=1S/C15H20F4O.C2H6/c1-10(2)7-8-20-13-6-5-11(16)9-12(13)14(3,4)15(17,18)19;1-2/h5-6,9-10H,7-8H2,1-4H3;1-2H3. The zero-order valence-electron chi connectivity index (χ0n) is 14.1. The first-order chi connectivity index (χ1) is 10.1. The summed E-state index contributed by atoms with van der Waals surface area (Å²) < 4.78 is 58.0. The van der Waals surface area contributed by atoms with Crippen molar-refractivity contribution in [1.29, 1.82) is 0 Å². The van der Waals surface area contributed by atoms with Crippen LogP contribution in [0.3, 0.4) is 0 Å². The van der Waals surface area contributed by atoms with Crippen LogP contribution in [0.5, 0.6) is 5.75 Å². The molecule has 0 saturated carbocycles. The van der Waals surface area contributed by atoms with E-state index in [1.807, 2.05) is 27.7 Å². The van der Waals surface area contributed by atoms with Gasteiger partial charge in [-0.15, -0.1) is 0 Å². The monoisotopic (exact) mass is 322 g/mol. The number of rotatable bonds is 5. The molecule has 128 valence electrons.